The molecule has 0 saturated carbocycles. The Labute approximate surface area is 109 Å². The number of pyridine rings is 1. The Hall–Kier alpha value is -1.37. The average Bonchev–Trinajstić information content (AvgIpc) is 2.38. The first-order valence-corrected chi connectivity index (χ1v) is 6.09. The fraction of sp³-hybridized carbons (Fsp3) is 0.583. The van der Waals surface area contributed by atoms with Crippen LogP contribution in [0.3, 0.4) is 0 Å². The number of nitrogens with one attached hydrogen (secondary N) is 1. The van der Waals surface area contributed by atoms with E-state index >= 15 is 0 Å². The number of likely N-dealkylation sites (N-methyl/N-ethyl adjacent to an activating group) is 1. The van der Waals surface area contributed by atoms with E-state index in [2.05, 4.69) is 17.2 Å². The van der Waals surface area contributed by atoms with Crippen LogP contribution in [-0.2, 0) is 0 Å². The van der Waals surface area contributed by atoms with E-state index in [4.69, 9.17) is 0 Å². The Bertz CT molecular complexity index is 400. The number of unbranched alkanes of at least 4 members (excludes halogenated alkanes) is 1. The van der Waals surface area contributed by atoms with Gasteiger partial charge in [0.2, 0.25) is 11.6 Å². The molecule has 0 aliphatic carbocycles. The maximum absolute atomic E-state index is 13.2. The molecule has 0 aliphatic heterocycles. The second kappa shape index (κ2) is 7.28. The zero-order valence-electron chi connectivity index (χ0n) is 10.9. The molecule has 0 radical (unpaired) electrons. The van der Waals surface area contributed by atoms with E-state index in [0.29, 0.717) is 6.54 Å². The third-order valence-electron chi connectivity index (χ3n) is 2.69. The molecule has 19 heavy (non-hydrogen) atoms. The van der Waals surface area contributed by atoms with Crippen molar-refractivity contribution in [3.05, 3.63) is 23.5 Å². The Kier molecular flexibility index (Phi) is 6.01. The van der Waals surface area contributed by atoms with Crippen molar-refractivity contribution in [2.75, 3.05) is 32.0 Å². The maximum Gasteiger partial charge on any atom is 0.253 e. The number of halogens is 4. The van der Waals surface area contributed by atoms with E-state index in [1.165, 1.54) is 0 Å². The van der Waals surface area contributed by atoms with E-state index in [0.717, 1.165) is 19.4 Å². The fourth-order valence-electron chi connectivity index (χ4n) is 1.55. The molecule has 1 aromatic heterocycles. The molecule has 108 valence electrons. The summed E-state index contributed by atoms with van der Waals surface area (Å²) >= 11 is 0. The van der Waals surface area contributed by atoms with Crippen LogP contribution in [0.4, 0.5) is 23.2 Å². The predicted octanol–water partition coefficient (Wildman–Crippen LogP) is 2.78. The lowest BCUT2D eigenvalue weighted by Gasteiger charge is -2.17. The van der Waals surface area contributed by atoms with Crippen molar-refractivity contribution in [3.8, 4) is 0 Å². The minimum Gasteiger partial charge on any atom is -0.379 e. The fourth-order valence-corrected chi connectivity index (χ4v) is 1.55. The minimum absolute atomic E-state index is 0.178. The van der Waals surface area contributed by atoms with Gasteiger partial charge >= 0.3 is 0 Å². The second-order valence-corrected chi connectivity index (χ2v) is 4.28. The van der Waals surface area contributed by atoms with Crippen molar-refractivity contribution < 1.29 is 17.6 Å². The standard InChI is InChI=1S/C12H17F4N3/c1-3-4-6-19(2)7-5-17-10-8(13)11(15)18-12(16)9(10)14/h3-7H2,1-2H3,(H,17,18). The molecule has 1 N–H and O–H groups in total. The molecule has 0 amide bonds. The van der Waals surface area contributed by atoms with Gasteiger partial charge in [0.05, 0.1) is 0 Å². The first-order valence-electron chi connectivity index (χ1n) is 6.09. The van der Waals surface area contributed by atoms with Crippen molar-refractivity contribution in [2.45, 2.75) is 19.8 Å². The van der Waals surface area contributed by atoms with Crippen LogP contribution in [-0.4, -0.2) is 36.6 Å². The van der Waals surface area contributed by atoms with Crippen LogP contribution in [0, 0.1) is 23.5 Å². The quantitative estimate of drug-likeness (QED) is 0.614. The smallest absolute Gasteiger partial charge is 0.253 e. The van der Waals surface area contributed by atoms with Gasteiger partial charge in [-0.25, -0.2) is 0 Å². The van der Waals surface area contributed by atoms with Gasteiger partial charge in [-0.2, -0.15) is 22.5 Å². The summed E-state index contributed by atoms with van der Waals surface area (Å²) in [5.74, 6) is -6.31. The molecule has 0 bridgehead atoms. The van der Waals surface area contributed by atoms with Crippen LogP contribution in [0.15, 0.2) is 0 Å². The number of aromatic nitrogens is 1. The van der Waals surface area contributed by atoms with Gasteiger partial charge in [-0.05, 0) is 20.0 Å². The second-order valence-electron chi connectivity index (χ2n) is 4.28. The van der Waals surface area contributed by atoms with Crippen LogP contribution in [0.25, 0.3) is 0 Å². The lowest BCUT2D eigenvalue weighted by molar-refractivity contribution is 0.339. The molecule has 1 aromatic rings. The molecule has 0 aliphatic rings. The zero-order valence-corrected chi connectivity index (χ0v) is 10.9. The van der Waals surface area contributed by atoms with Gasteiger partial charge in [-0.1, -0.05) is 13.3 Å². The summed E-state index contributed by atoms with van der Waals surface area (Å²) in [6, 6.07) is 0. The Balaban J connectivity index is 2.58. The largest absolute Gasteiger partial charge is 0.379 e. The first kappa shape index (κ1) is 15.7. The highest BCUT2D eigenvalue weighted by molar-refractivity contribution is 5.45. The highest BCUT2D eigenvalue weighted by Gasteiger charge is 2.20. The van der Waals surface area contributed by atoms with Crippen LogP contribution in [0.2, 0.25) is 0 Å². The molecule has 0 atom stereocenters. The molecule has 0 saturated heterocycles. The number of hydrogen-bond acceptors (Lipinski definition) is 3. The number of hydrogen-bond donors (Lipinski definition) is 1. The highest BCUT2D eigenvalue weighted by atomic mass is 19.2. The third-order valence-corrected chi connectivity index (χ3v) is 2.69. The average molecular weight is 279 g/mol. The molecule has 0 spiro atoms. The minimum atomic E-state index is -1.65. The highest BCUT2D eigenvalue weighted by Crippen LogP contribution is 2.21. The van der Waals surface area contributed by atoms with Gasteiger partial charge in [0.15, 0.2) is 0 Å². The number of rotatable bonds is 7. The van der Waals surface area contributed by atoms with Gasteiger partial charge in [-0.15, -0.1) is 0 Å². The zero-order chi connectivity index (χ0) is 14.4. The SMILES string of the molecule is CCCCN(C)CCNc1c(F)c(F)nc(F)c1F. The molecule has 7 heteroatoms. The summed E-state index contributed by atoms with van der Waals surface area (Å²) in [6.45, 7) is 3.59. The van der Waals surface area contributed by atoms with Gasteiger partial charge < -0.3 is 10.2 Å². The van der Waals surface area contributed by atoms with Crippen molar-refractivity contribution in [1.82, 2.24) is 9.88 Å². The topological polar surface area (TPSA) is 28.2 Å². The summed E-state index contributed by atoms with van der Waals surface area (Å²) < 4.78 is 52.2. The number of nitrogens with zero attached hydrogens (tertiary/aromatic N) is 2. The van der Waals surface area contributed by atoms with Crippen molar-refractivity contribution >= 4 is 5.69 Å². The molecule has 1 rings (SSSR count). The predicted molar refractivity (Wildman–Crippen MR) is 65.0 cm³/mol. The maximum atomic E-state index is 13.2. The van der Waals surface area contributed by atoms with Crippen LogP contribution >= 0.6 is 0 Å². The van der Waals surface area contributed by atoms with E-state index in [1.54, 1.807) is 0 Å². The first-order chi connectivity index (χ1) is 8.97. The lowest BCUT2D eigenvalue weighted by atomic mass is 10.3. The molecular weight excluding hydrogens is 262 g/mol. The summed E-state index contributed by atoms with van der Waals surface area (Å²) in [6.07, 6.45) is 2.06. The van der Waals surface area contributed by atoms with Gasteiger partial charge in [-0.3, -0.25) is 0 Å². The van der Waals surface area contributed by atoms with Gasteiger partial charge in [0, 0.05) is 13.1 Å². The Morgan fingerprint density at radius 2 is 1.63 bits per heavy atom. The normalized spacial score (nSPS) is 11.1. The van der Waals surface area contributed by atoms with Crippen molar-refractivity contribution in [3.63, 3.8) is 0 Å². The van der Waals surface area contributed by atoms with Crippen LogP contribution in [0.1, 0.15) is 19.8 Å². The summed E-state index contributed by atoms with van der Waals surface area (Å²) in [4.78, 5) is 4.44. The Morgan fingerprint density at radius 3 is 2.16 bits per heavy atom. The van der Waals surface area contributed by atoms with E-state index in [9.17, 15) is 17.6 Å². The lowest BCUT2D eigenvalue weighted by Crippen LogP contribution is -2.26. The third kappa shape index (κ3) is 4.34. The molecule has 0 aromatic carbocycles. The molecular formula is C12H17F4N3. The monoisotopic (exact) mass is 279 g/mol. The summed E-state index contributed by atoms with van der Waals surface area (Å²) in [5.41, 5.74) is -0.811. The van der Waals surface area contributed by atoms with Gasteiger partial charge in [0.1, 0.15) is 5.69 Å². The van der Waals surface area contributed by atoms with Crippen LogP contribution < -0.4 is 5.32 Å². The summed E-state index contributed by atoms with van der Waals surface area (Å²) in [5, 5.41) is 2.36. The Morgan fingerprint density at radius 1 is 1.05 bits per heavy atom. The van der Waals surface area contributed by atoms with Crippen molar-refractivity contribution in [2.24, 2.45) is 0 Å². The molecule has 0 unspecified atom stereocenters. The number of anilines is 1. The van der Waals surface area contributed by atoms with E-state index in [1.807, 2.05) is 11.9 Å². The van der Waals surface area contributed by atoms with Crippen molar-refractivity contribution in [1.29, 1.82) is 0 Å². The van der Waals surface area contributed by atoms with E-state index in [-0.39, 0.29) is 6.54 Å². The van der Waals surface area contributed by atoms with E-state index < -0.39 is 29.2 Å². The molecule has 1 heterocycles. The summed E-state index contributed by atoms with van der Waals surface area (Å²) in [7, 11) is 1.86. The molecule has 3 nitrogen and oxygen atoms in total. The van der Waals surface area contributed by atoms with Crippen LogP contribution in [0.5, 0.6) is 0 Å². The molecule has 0 fully saturated rings. The van der Waals surface area contributed by atoms with Gasteiger partial charge in [0.25, 0.3) is 11.9 Å².